The molecule has 2 aromatic heterocycles. The molecule has 0 aromatic carbocycles. The van der Waals surface area contributed by atoms with E-state index < -0.39 is 0 Å². The molecule has 3 heterocycles. The van der Waals surface area contributed by atoms with E-state index in [2.05, 4.69) is 21.9 Å². The first-order chi connectivity index (χ1) is 11.2. The SMILES string of the molecule is CCc1cnc(OC2CCCN(C(=O)c3csc(C)n3)C2)nc1. The van der Waals surface area contributed by atoms with Crippen LogP contribution in [0.4, 0.5) is 0 Å². The number of carbonyl (C=O) groups excluding carboxylic acids is 1. The maximum atomic E-state index is 12.5. The molecule has 23 heavy (non-hydrogen) atoms. The van der Waals surface area contributed by atoms with Crippen molar-refractivity contribution >= 4 is 17.2 Å². The van der Waals surface area contributed by atoms with Gasteiger partial charge in [-0.15, -0.1) is 11.3 Å². The summed E-state index contributed by atoms with van der Waals surface area (Å²) in [6, 6.07) is 0.381. The molecular weight excluding hydrogens is 312 g/mol. The number of hydrogen-bond donors (Lipinski definition) is 0. The van der Waals surface area contributed by atoms with Gasteiger partial charge in [0.05, 0.1) is 11.6 Å². The number of amides is 1. The summed E-state index contributed by atoms with van der Waals surface area (Å²) in [6.45, 7) is 5.25. The van der Waals surface area contributed by atoms with Crippen molar-refractivity contribution in [2.45, 2.75) is 39.2 Å². The number of hydrogen-bond acceptors (Lipinski definition) is 6. The highest BCUT2D eigenvalue weighted by Crippen LogP contribution is 2.18. The van der Waals surface area contributed by atoms with Gasteiger partial charge in [-0.1, -0.05) is 6.92 Å². The van der Waals surface area contributed by atoms with E-state index in [4.69, 9.17) is 4.74 Å². The van der Waals surface area contributed by atoms with Gasteiger partial charge in [0.1, 0.15) is 11.8 Å². The van der Waals surface area contributed by atoms with Crippen LogP contribution in [0.5, 0.6) is 6.01 Å². The molecule has 1 amide bonds. The van der Waals surface area contributed by atoms with E-state index in [0.29, 0.717) is 18.2 Å². The van der Waals surface area contributed by atoms with Gasteiger partial charge in [0.25, 0.3) is 5.91 Å². The van der Waals surface area contributed by atoms with Gasteiger partial charge in [-0.05, 0) is 31.7 Å². The van der Waals surface area contributed by atoms with E-state index in [9.17, 15) is 4.79 Å². The van der Waals surface area contributed by atoms with E-state index in [0.717, 1.165) is 36.4 Å². The lowest BCUT2D eigenvalue weighted by Gasteiger charge is -2.31. The number of aryl methyl sites for hydroxylation is 2. The summed E-state index contributed by atoms with van der Waals surface area (Å²) in [6.07, 6.45) is 6.21. The molecule has 1 fully saturated rings. The highest BCUT2D eigenvalue weighted by Gasteiger charge is 2.27. The molecule has 1 atom stereocenters. The van der Waals surface area contributed by atoms with Crippen LogP contribution in [0.1, 0.15) is 40.8 Å². The van der Waals surface area contributed by atoms with E-state index in [1.54, 1.807) is 12.4 Å². The van der Waals surface area contributed by atoms with Gasteiger partial charge in [0.2, 0.25) is 0 Å². The second kappa shape index (κ2) is 7.04. The van der Waals surface area contributed by atoms with Crippen LogP contribution >= 0.6 is 11.3 Å². The molecule has 0 aliphatic carbocycles. The van der Waals surface area contributed by atoms with Gasteiger partial charge in [0.15, 0.2) is 0 Å². The van der Waals surface area contributed by atoms with Crippen LogP contribution in [0.2, 0.25) is 0 Å². The van der Waals surface area contributed by atoms with Crippen LogP contribution in [-0.4, -0.2) is 45.0 Å². The van der Waals surface area contributed by atoms with Crippen molar-refractivity contribution in [1.82, 2.24) is 19.9 Å². The Hall–Kier alpha value is -2.02. The highest BCUT2D eigenvalue weighted by molar-refractivity contribution is 7.09. The quantitative estimate of drug-likeness (QED) is 0.860. The lowest BCUT2D eigenvalue weighted by atomic mass is 10.1. The van der Waals surface area contributed by atoms with Gasteiger partial charge in [-0.25, -0.2) is 15.0 Å². The molecule has 1 saturated heterocycles. The Morgan fingerprint density at radius 3 is 2.87 bits per heavy atom. The van der Waals surface area contributed by atoms with Crippen molar-refractivity contribution in [3.8, 4) is 6.01 Å². The third-order valence-electron chi connectivity index (χ3n) is 3.87. The zero-order chi connectivity index (χ0) is 16.2. The summed E-state index contributed by atoms with van der Waals surface area (Å²) < 4.78 is 5.84. The minimum Gasteiger partial charge on any atom is -0.458 e. The number of carbonyl (C=O) groups is 1. The van der Waals surface area contributed by atoms with Gasteiger partial charge in [-0.2, -0.15) is 0 Å². The Kier molecular flexibility index (Phi) is 4.85. The minimum absolute atomic E-state index is 0.0232. The number of ether oxygens (including phenoxy) is 1. The smallest absolute Gasteiger partial charge is 0.316 e. The lowest BCUT2D eigenvalue weighted by molar-refractivity contribution is 0.0511. The predicted molar refractivity (Wildman–Crippen MR) is 87.8 cm³/mol. The Balaban J connectivity index is 1.62. The van der Waals surface area contributed by atoms with Crippen LogP contribution in [0, 0.1) is 6.92 Å². The van der Waals surface area contributed by atoms with Crippen molar-refractivity contribution in [2.75, 3.05) is 13.1 Å². The van der Waals surface area contributed by atoms with Gasteiger partial charge < -0.3 is 9.64 Å². The van der Waals surface area contributed by atoms with Crippen LogP contribution in [0.3, 0.4) is 0 Å². The first kappa shape index (κ1) is 15.9. The number of nitrogens with zero attached hydrogens (tertiary/aromatic N) is 4. The van der Waals surface area contributed by atoms with Crippen LogP contribution < -0.4 is 4.74 Å². The van der Waals surface area contributed by atoms with E-state index in [-0.39, 0.29) is 12.0 Å². The molecule has 2 aromatic rings. The topological polar surface area (TPSA) is 68.2 Å². The summed E-state index contributed by atoms with van der Waals surface area (Å²) in [4.78, 5) is 27.0. The molecule has 0 N–H and O–H groups in total. The second-order valence-electron chi connectivity index (χ2n) is 5.61. The first-order valence-electron chi connectivity index (χ1n) is 7.84. The van der Waals surface area contributed by atoms with E-state index in [1.165, 1.54) is 11.3 Å². The van der Waals surface area contributed by atoms with Gasteiger partial charge in [0, 0.05) is 24.3 Å². The molecular formula is C16H20N4O2S. The van der Waals surface area contributed by atoms with Crippen LogP contribution in [0.15, 0.2) is 17.8 Å². The zero-order valence-corrected chi connectivity index (χ0v) is 14.2. The molecule has 1 aliphatic rings. The highest BCUT2D eigenvalue weighted by atomic mass is 32.1. The largest absolute Gasteiger partial charge is 0.458 e. The molecule has 0 saturated carbocycles. The van der Waals surface area contributed by atoms with Gasteiger partial charge >= 0.3 is 6.01 Å². The number of thiazole rings is 1. The van der Waals surface area contributed by atoms with Crippen molar-refractivity contribution < 1.29 is 9.53 Å². The second-order valence-corrected chi connectivity index (χ2v) is 6.67. The fourth-order valence-electron chi connectivity index (χ4n) is 2.58. The van der Waals surface area contributed by atoms with Crippen molar-refractivity contribution in [2.24, 2.45) is 0 Å². The number of likely N-dealkylation sites (tertiary alicyclic amines) is 1. The maximum absolute atomic E-state index is 12.5. The fourth-order valence-corrected chi connectivity index (χ4v) is 3.16. The summed E-state index contributed by atoms with van der Waals surface area (Å²) in [7, 11) is 0. The van der Waals surface area contributed by atoms with E-state index >= 15 is 0 Å². The van der Waals surface area contributed by atoms with Crippen molar-refractivity contribution in [1.29, 1.82) is 0 Å². The first-order valence-corrected chi connectivity index (χ1v) is 8.72. The number of rotatable bonds is 4. The summed E-state index contributed by atoms with van der Waals surface area (Å²) >= 11 is 1.49. The molecule has 1 aliphatic heterocycles. The van der Waals surface area contributed by atoms with Crippen molar-refractivity contribution in [3.05, 3.63) is 34.0 Å². The molecule has 0 bridgehead atoms. The number of piperidine rings is 1. The molecule has 7 heteroatoms. The van der Waals surface area contributed by atoms with Crippen LogP contribution in [0.25, 0.3) is 0 Å². The predicted octanol–water partition coefficient (Wildman–Crippen LogP) is 2.49. The maximum Gasteiger partial charge on any atom is 0.316 e. The summed E-state index contributed by atoms with van der Waals surface area (Å²) in [5.41, 5.74) is 1.60. The zero-order valence-electron chi connectivity index (χ0n) is 13.4. The molecule has 3 rings (SSSR count). The average molecular weight is 332 g/mol. The molecule has 122 valence electrons. The average Bonchev–Trinajstić information content (AvgIpc) is 3.01. The molecule has 1 unspecified atom stereocenters. The van der Waals surface area contributed by atoms with E-state index in [1.807, 2.05) is 17.2 Å². The fraction of sp³-hybridized carbons (Fsp3) is 0.500. The lowest BCUT2D eigenvalue weighted by Crippen LogP contribution is -2.44. The van der Waals surface area contributed by atoms with Gasteiger partial charge in [-0.3, -0.25) is 4.79 Å². The monoisotopic (exact) mass is 332 g/mol. The third-order valence-corrected chi connectivity index (χ3v) is 4.64. The Morgan fingerprint density at radius 1 is 1.43 bits per heavy atom. The van der Waals surface area contributed by atoms with Crippen molar-refractivity contribution in [3.63, 3.8) is 0 Å². The molecule has 0 spiro atoms. The summed E-state index contributed by atoms with van der Waals surface area (Å²) in [5, 5.41) is 2.72. The standard InChI is InChI=1S/C16H20N4O2S/c1-3-12-7-17-16(18-8-12)22-13-5-4-6-20(9-13)15(21)14-10-23-11(2)19-14/h7-8,10,13H,3-6,9H2,1-2H3. The van der Waals surface area contributed by atoms with Crippen LogP contribution in [-0.2, 0) is 6.42 Å². The molecule has 0 radical (unpaired) electrons. The number of aromatic nitrogens is 3. The Labute approximate surface area is 139 Å². The Bertz CT molecular complexity index is 671. The minimum atomic E-state index is -0.0695. The summed E-state index contributed by atoms with van der Waals surface area (Å²) in [5.74, 6) is -0.0232. The molecule has 6 nitrogen and oxygen atoms in total. The third kappa shape index (κ3) is 3.85. The Morgan fingerprint density at radius 2 is 2.22 bits per heavy atom. The normalized spacial score (nSPS) is 18.0.